The number of hydrogen-bond acceptors (Lipinski definition) is 3. The SMILES string of the molecule is O=C(/C=C/c1ccc(O)cc1)NCC1(CCO)CC1. The van der Waals surface area contributed by atoms with Crippen molar-refractivity contribution >= 4 is 12.0 Å². The average molecular weight is 261 g/mol. The third-order valence-corrected chi connectivity index (χ3v) is 3.56. The van der Waals surface area contributed by atoms with Crippen LogP contribution in [0.2, 0.25) is 0 Å². The summed E-state index contributed by atoms with van der Waals surface area (Å²) >= 11 is 0. The zero-order chi connectivity index (χ0) is 13.7. The summed E-state index contributed by atoms with van der Waals surface area (Å²) in [4.78, 5) is 11.7. The van der Waals surface area contributed by atoms with Crippen molar-refractivity contribution in [3.63, 3.8) is 0 Å². The smallest absolute Gasteiger partial charge is 0.244 e. The molecular weight excluding hydrogens is 242 g/mol. The number of amides is 1. The molecule has 0 bridgehead atoms. The topological polar surface area (TPSA) is 69.6 Å². The van der Waals surface area contributed by atoms with E-state index in [1.54, 1.807) is 30.3 Å². The van der Waals surface area contributed by atoms with Crippen LogP contribution >= 0.6 is 0 Å². The summed E-state index contributed by atoms with van der Waals surface area (Å²) < 4.78 is 0. The monoisotopic (exact) mass is 261 g/mol. The van der Waals surface area contributed by atoms with Crippen molar-refractivity contribution in [1.29, 1.82) is 0 Å². The molecule has 3 N–H and O–H groups in total. The van der Waals surface area contributed by atoms with E-state index in [9.17, 15) is 4.79 Å². The molecule has 102 valence electrons. The molecule has 1 saturated carbocycles. The van der Waals surface area contributed by atoms with Gasteiger partial charge in [-0.2, -0.15) is 0 Å². The minimum atomic E-state index is -0.128. The predicted octanol–water partition coefficient (Wildman–Crippen LogP) is 1.68. The fourth-order valence-corrected chi connectivity index (χ4v) is 2.02. The fraction of sp³-hybridized carbons (Fsp3) is 0.400. The van der Waals surface area contributed by atoms with Gasteiger partial charge in [-0.1, -0.05) is 12.1 Å². The van der Waals surface area contributed by atoms with Gasteiger partial charge in [-0.05, 0) is 48.4 Å². The first kappa shape index (κ1) is 13.6. The maximum atomic E-state index is 11.7. The van der Waals surface area contributed by atoms with E-state index in [4.69, 9.17) is 10.2 Å². The molecule has 1 amide bonds. The van der Waals surface area contributed by atoms with Gasteiger partial charge < -0.3 is 15.5 Å². The molecule has 0 heterocycles. The first-order chi connectivity index (χ1) is 9.13. The lowest BCUT2D eigenvalue weighted by Crippen LogP contribution is -2.29. The van der Waals surface area contributed by atoms with Gasteiger partial charge in [0, 0.05) is 19.2 Å². The standard InChI is InChI=1S/C15H19NO3/c17-10-9-15(7-8-15)11-16-14(19)6-3-12-1-4-13(18)5-2-12/h1-6,17-18H,7-11H2,(H,16,19)/b6-3+. The van der Waals surface area contributed by atoms with E-state index in [1.807, 2.05) is 0 Å². The van der Waals surface area contributed by atoms with Crippen LogP contribution in [0.3, 0.4) is 0 Å². The van der Waals surface area contributed by atoms with E-state index < -0.39 is 0 Å². The van der Waals surface area contributed by atoms with Crippen LogP contribution in [0, 0.1) is 5.41 Å². The van der Waals surface area contributed by atoms with Crippen molar-refractivity contribution in [2.75, 3.05) is 13.2 Å². The first-order valence-electron chi connectivity index (χ1n) is 6.49. The molecular formula is C15H19NO3. The number of rotatable bonds is 6. The number of hydrogen-bond donors (Lipinski definition) is 3. The molecule has 19 heavy (non-hydrogen) atoms. The minimum Gasteiger partial charge on any atom is -0.508 e. The minimum absolute atomic E-state index is 0.128. The third-order valence-electron chi connectivity index (χ3n) is 3.56. The lowest BCUT2D eigenvalue weighted by Gasteiger charge is -2.13. The van der Waals surface area contributed by atoms with E-state index in [2.05, 4.69) is 5.32 Å². The summed E-state index contributed by atoms with van der Waals surface area (Å²) in [5, 5.41) is 20.9. The van der Waals surface area contributed by atoms with Crippen molar-refractivity contribution in [2.45, 2.75) is 19.3 Å². The lowest BCUT2D eigenvalue weighted by molar-refractivity contribution is -0.116. The Morgan fingerprint density at radius 3 is 2.58 bits per heavy atom. The quantitative estimate of drug-likeness (QED) is 0.682. The second kappa shape index (κ2) is 5.89. The molecule has 0 radical (unpaired) electrons. The Balaban J connectivity index is 1.79. The maximum absolute atomic E-state index is 11.7. The number of nitrogens with one attached hydrogen (secondary N) is 1. The summed E-state index contributed by atoms with van der Waals surface area (Å²) in [6, 6.07) is 6.65. The Labute approximate surface area is 112 Å². The van der Waals surface area contributed by atoms with Gasteiger partial charge in [0.05, 0.1) is 0 Å². The van der Waals surface area contributed by atoms with E-state index >= 15 is 0 Å². The lowest BCUT2D eigenvalue weighted by atomic mass is 10.0. The average Bonchev–Trinajstić information content (AvgIpc) is 3.17. The molecule has 1 aromatic rings. The molecule has 4 nitrogen and oxygen atoms in total. The van der Waals surface area contributed by atoms with Crippen molar-refractivity contribution in [1.82, 2.24) is 5.32 Å². The molecule has 1 aromatic carbocycles. The van der Waals surface area contributed by atoms with Crippen LogP contribution in [0.15, 0.2) is 30.3 Å². The van der Waals surface area contributed by atoms with Gasteiger partial charge in [-0.15, -0.1) is 0 Å². The van der Waals surface area contributed by atoms with E-state index in [-0.39, 0.29) is 23.7 Å². The number of aliphatic hydroxyl groups is 1. The Bertz CT molecular complexity index is 461. The van der Waals surface area contributed by atoms with Gasteiger partial charge in [-0.3, -0.25) is 4.79 Å². The van der Waals surface area contributed by atoms with Gasteiger partial charge in [0.15, 0.2) is 0 Å². The van der Waals surface area contributed by atoms with Gasteiger partial charge >= 0.3 is 0 Å². The zero-order valence-corrected chi connectivity index (χ0v) is 10.8. The molecule has 0 saturated heterocycles. The number of carbonyl (C=O) groups excluding carboxylic acids is 1. The van der Waals surface area contributed by atoms with Crippen LogP contribution < -0.4 is 5.32 Å². The number of phenols is 1. The number of carbonyl (C=O) groups is 1. The van der Waals surface area contributed by atoms with E-state index in [1.165, 1.54) is 6.08 Å². The Morgan fingerprint density at radius 2 is 2.00 bits per heavy atom. The van der Waals surface area contributed by atoms with Gasteiger partial charge in [0.25, 0.3) is 0 Å². The Morgan fingerprint density at radius 1 is 1.32 bits per heavy atom. The first-order valence-corrected chi connectivity index (χ1v) is 6.49. The van der Waals surface area contributed by atoms with Crippen molar-refractivity contribution in [3.05, 3.63) is 35.9 Å². The second-order valence-corrected chi connectivity index (χ2v) is 5.12. The van der Waals surface area contributed by atoms with Crippen LogP contribution in [0.25, 0.3) is 6.08 Å². The molecule has 1 aliphatic rings. The molecule has 1 aliphatic carbocycles. The van der Waals surface area contributed by atoms with Gasteiger partial charge in [0.1, 0.15) is 5.75 Å². The highest BCUT2D eigenvalue weighted by molar-refractivity contribution is 5.91. The molecule has 0 unspecified atom stereocenters. The number of aromatic hydroxyl groups is 1. The molecule has 1 fully saturated rings. The highest BCUT2D eigenvalue weighted by Gasteiger charge is 2.41. The summed E-state index contributed by atoms with van der Waals surface area (Å²) in [7, 11) is 0. The molecule has 0 aromatic heterocycles. The van der Waals surface area contributed by atoms with Crippen LogP contribution in [-0.4, -0.2) is 29.3 Å². The second-order valence-electron chi connectivity index (χ2n) is 5.12. The third kappa shape index (κ3) is 4.10. The summed E-state index contributed by atoms with van der Waals surface area (Å²) in [6.07, 6.45) is 6.11. The number of phenolic OH excluding ortho intramolecular Hbond substituents is 1. The van der Waals surface area contributed by atoms with Crippen LogP contribution in [0.4, 0.5) is 0 Å². The Hall–Kier alpha value is -1.81. The molecule has 0 atom stereocenters. The largest absolute Gasteiger partial charge is 0.508 e. The van der Waals surface area contributed by atoms with Crippen molar-refractivity contribution in [2.24, 2.45) is 5.41 Å². The fourth-order valence-electron chi connectivity index (χ4n) is 2.02. The predicted molar refractivity (Wildman–Crippen MR) is 73.5 cm³/mol. The van der Waals surface area contributed by atoms with Gasteiger partial charge in [0.2, 0.25) is 5.91 Å². The highest BCUT2D eigenvalue weighted by atomic mass is 16.3. The van der Waals surface area contributed by atoms with E-state index in [0.717, 1.165) is 24.8 Å². The molecule has 0 spiro atoms. The molecule has 4 heteroatoms. The van der Waals surface area contributed by atoms with Crippen LogP contribution in [0.5, 0.6) is 5.75 Å². The molecule has 0 aliphatic heterocycles. The van der Waals surface area contributed by atoms with Crippen LogP contribution in [0.1, 0.15) is 24.8 Å². The molecule has 2 rings (SSSR count). The van der Waals surface area contributed by atoms with Gasteiger partial charge in [-0.25, -0.2) is 0 Å². The number of aliphatic hydroxyl groups excluding tert-OH is 1. The Kier molecular flexibility index (Phi) is 4.22. The zero-order valence-electron chi connectivity index (χ0n) is 10.8. The van der Waals surface area contributed by atoms with Crippen molar-refractivity contribution < 1.29 is 15.0 Å². The highest BCUT2D eigenvalue weighted by Crippen LogP contribution is 2.47. The normalized spacial score (nSPS) is 16.5. The summed E-state index contributed by atoms with van der Waals surface area (Å²) in [6.45, 7) is 0.811. The van der Waals surface area contributed by atoms with Crippen molar-refractivity contribution in [3.8, 4) is 5.75 Å². The maximum Gasteiger partial charge on any atom is 0.244 e. The summed E-state index contributed by atoms with van der Waals surface area (Å²) in [5.74, 6) is 0.0820. The van der Waals surface area contributed by atoms with Crippen LogP contribution in [-0.2, 0) is 4.79 Å². The number of benzene rings is 1. The summed E-state index contributed by atoms with van der Waals surface area (Å²) in [5.41, 5.74) is 1.00. The van der Waals surface area contributed by atoms with E-state index in [0.29, 0.717) is 6.54 Å².